The van der Waals surface area contributed by atoms with Crippen LogP contribution >= 0.6 is 0 Å². The predicted octanol–water partition coefficient (Wildman–Crippen LogP) is 1.55. The van der Waals surface area contributed by atoms with Gasteiger partial charge >= 0.3 is 0 Å². The Morgan fingerprint density at radius 1 is 1.32 bits per heavy atom. The minimum absolute atomic E-state index is 0.105. The summed E-state index contributed by atoms with van der Waals surface area (Å²) in [7, 11) is 3.50. The lowest BCUT2D eigenvalue weighted by Crippen LogP contribution is -2.43. The van der Waals surface area contributed by atoms with Crippen molar-refractivity contribution >= 4 is 18.3 Å². The molecule has 2 N–H and O–H groups in total. The molecule has 0 aliphatic rings. The molecule has 0 atom stereocenters. The normalized spacial score (nSPS) is 10.6. The summed E-state index contributed by atoms with van der Waals surface area (Å²) in [6.07, 6.45) is 6.00. The number of hydrogen-bond acceptors (Lipinski definition) is 5. The Balaban J connectivity index is 2.65. The van der Waals surface area contributed by atoms with E-state index in [1.54, 1.807) is 13.1 Å². The van der Waals surface area contributed by atoms with Crippen molar-refractivity contribution in [1.29, 1.82) is 0 Å². The van der Waals surface area contributed by atoms with Gasteiger partial charge in [0.2, 0.25) is 0 Å². The molecule has 0 aromatic heterocycles. The number of nitrogens with zero attached hydrogens (tertiary/aromatic N) is 1. The second kappa shape index (κ2) is 10.5. The molecule has 0 spiro atoms. The van der Waals surface area contributed by atoms with Gasteiger partial charge in [0.25, 0.3) is 5.91 Å². The van der Waals surface area contributed by atoms with Crippen LogP contribution in [-0.4, -0.2) is 38.0 Å². The van der Waals surface area contributed by atoms with Crippen molar-refractivity contribution in [2.45, 2.75) is 19.3 Å². The van der Waals surface area contributed by atoms with Gasteiger partial charge in [-0.05, 0) is 37.7 Å². The highest BCUT2D eigenvalue weighted by Crippen LogP contribution is 2.16. The summed E-state index contributed by atoms with van der Waals surface area (Å²) in [5.74, 6) is 0.245. The van der Waals surface area contributed by atoms with Crippen molar-refractivity contribution in [2.75, 3.05) is 20.6 Å². The molecule has 120 valence electrons. The first-order valence-corrected chi connectivity index (χ1v) is 7.24. The minimum atomic E-state index is -0.301. The van der Waals surface area contributed by atoms with E-state index in [1.165, 1.54) is 0 Å². The summed E-state index contributed by atoms with van der Waals surface area (Å²) in [6.45, 7) is 0.922. The molecule has 6 nitrogen and oxygen atoms in total. The largest absolute Gasteiger partial charge is 0.361 e. The Bertz CT molecular complexity index is 503. The number of benzene rings is 1. The molecule has 1 aromatic rings. The SMILES string of the molecule is CNCC/C=C\c1cccc(ON(NC)C(=O)CCC=O)c1. The Hall–Kier alpha value is -2.18. The molecule has 6 heteroatoms. The van der Waals surface area contributed by atoms with Gasteiger partial charge in [-0.25, -0.2) is 5.43 Å². The van der Waals surface area contributed by atoms with Crippen molar-refractivity contribution in [1.82, 2.24) is 15.9 Å². The van der Waals surface area contributed by atoms with Crippen LogP contribution in [0.2, 0.25) is 0 Å². The number of hydrazine groups is 1. The number of hydrogen-bond donors (Lipinski definition) is 2. The molecular formula is C16H23N3O3. The fraction of sp³-hybridized carbons (Fsp3) is 0.375. The molecule has 0 radical (unpaired) electrons. The Morgan fingerprint density at radius 3 is 2.82 bits per heavy atom. The van der Waals surface area contributed by atoms with E-state index in [4.69, 9.17) is 4.84 Å². The van der Waals surface area contributed by atoms with Crippen LogP contribution in [0, 0.1) is 0 Å². The third-order valence-corrected chi connectivity index (χ3v) is 2.83. The average Bonchev–Trinajstić information content (AvgIpc) is 2.54. The first-order chi connectivity index (χ1) is 10.7. The second-order valence-corrected chi connectivity index (χ2v) is 4.58. The highest BCUT2D eigenvalue weighted by molar-refractivity contribution is 5.77. The van der Waals surface area contributed by atoms with Crippen LogP contribution in [0.15, 0.2) is 30.3 Å². The monoisotopic (exact) mass is 305 g/mol. The van der Waals surface area contributed by atoms with Crippen LogP contribution in [0.25, 0.3) is 6.08 Å². The molecular weight excluding hydrogens is 282 g/mol. The van der Waals surface area contributed by atoms with Crippen molar-refractivity contribution in [3.8, 4) is 5.75 Å². The molecule has 0 fully saturated rings. The average molecular weight is 305 g/mol. The van der Waals surface area contributed by atoms with Gasteiger partial charge in [0.1, 0.15) is 6.29 Å². The molecule has 0 saturated heterocycles. The molecule has 0 aliphatic heterocycles. The van der Waals surface area contributed by atoms with Crippen LogP contribution in [0.3, 0.4) is 0 Å². The molecule has 1 amide bonds. The van der Waals surface area contributed by atoms with Crippen molar-refractivity contribution < 1.29 is 14.4 Å². The number of carbonyl (C=O) groups is 2. The zero-order valence-corrected chi connectivity index (χ0v) is 13.0. The first-order valence-electron chi connectivity index (χ1n) is 7.24. The van der Waals surface area contributed by atoms with Crippen LogP contribution in [0.5, 0.6) is 5.75 Å². The fourth-order valence-electron chi connectivity index (χ4n) is 1.73. The summed E-state index contributed by atoms with van der Waals surface area (Å²) in [5, 5.41) is 4.11. The third-order valence-electron chi connectivity index (χ3n) is 2.83. The van der Waals surface area contributed by atoms with Gasteiger partial charge in [-0.1, -0.05) is 24.3 Å². The van der Waals surface area contributed by atoms with E-state index in [2.05, 4.69) is 16.8 Å². The molecule has 1 rings (SSSR count). The summed E-state index contributed by atoms with van der Waals surface area (Å²) in [5.41, 5.74) is 3.65. The number of hydroxylamine groups is 1. The van der Waals surface area contributed by atoms with Gasteiger partial charge in [0.05, 0.1) is 0 Å². The highest BCUT2D eigenvalue weighted by Gasteiger charge is 2.13. The minimum Gasteiger partial charge on any atom is -0.361 e. The molecule has 0 bridgehead atoms. The van der Waals surface area contributed by atoms with Gasteiger partial charge in [-0.3, -0.25) is 4.79 Å². The van der Waals surface area contributed by atoms with E-state index in [9.17, 15) is 9.59 Å². The second-order valence-electron chi connectivity index (χ2n) is 4.58. The van der Waals surface area contributed by atoms with E-state index in [0.29, 0.717) is 12.0 Å². The van der Waals surface area contributed by atoms with Gasteiger partial charge in [-0.15, -0.1) is 5.17 Å². The maximum atomic E-state index is 11.8. The van der Waals surface area contributed by atoms with Crippen LogP contribution in [-0.2, 0) is 9.59 Å². The quantitative estimate of drug-likeness (QED) is 0.390. The molecule has 0 heterocycles. The highest BCUT2D eigenvalue weighted by atomic mass is 16.7. The molecule has 0 aliphatic carbocycles. The van der Waals surface area contributed by atoms with Gasteiger partial charge in [0, 0.05) is 19.9 Å². The summed E-state index contributed by atoms with van der Waals surface area (Å²) in [6, 6.07) is 7.42. The Morgan fingerprint density at radius 2 is 2.14 bits per heavy atom. The lowest BCUT2D eigenvalue weighted by Gasteiger charge is -2.20. The topological polar surface area (TPSA) is 70.7 Å². The maximum Gasteiger partial charge on any atom is 0.272 e. The number of amides is 1. The van der Waals surface area contributed by atoms with E-state index in [-0.39, 0.29) is 18.7 Å². The van der Waals surface area contributed by atoms with Crippen LogP contribution < -0.4 is 15.6 Å². The van der Waals surface area contributed by atoms with Crippen LogP contribution in [0.4, 0.5) is 0 Å². The van der Waals surface area contributed by atoms with Crippen molar-refractivity contribution in [2.24, 2.45) is 0 Å². The van der Waals surface area contributed by atoms with Crippen molar-refractivity contribution in [3.05, 3.63) is 35.9 Å². The lowest BCUT2D eigenvalue weighted by molar-refractivity contribution is -0.167. The smallest absolute Gasteiger partial charge is 0.272 e. The van der Waals surface area contributed by atoms with Gasteiger partial charge in [0.15, 0.2) is 5.75 Å². The zero-order chi connectivity index (χ0) is 16.2. The zero-order valence-electron chi connectivity index (χ0n) is 13.0. The molecule has 1 aromatic carbocycles. The van der Waals surface area contributed by atoms with E-state index >= 15 is 0 Å². The first kappa shape index (κ1) is 17.9. The molecule has 22 heavy (non-hydrogen) atoms. The third kappa shape index (κ3) is 6.51. The fourth-order valence-corrected chi connectivity index (χ4v) is 1.73. The van der Waals surface area contributed by atoms with Crippen molar-refractivity contribution in [3.63, 3.8) is 0 Å². The number of aldehydes is 1. The van der Waals surface area contributed by atoms with Crippen LogP contribution in [0.1, 0.15) is 24.8 Å². The van der Waals surface area contributed by atoms with Gasteiger partial charge < -0.3 is 14.9 Å². The number of nitrogens with one attached hydrogen (secondary N) is 2. The summed E-state index contributed by atoms with van der Waals surface area (Å²) < 4.78 is 0. The Labute approximate surface area is 131 Å². The summed E-state index contributed by atoms with van der Waals surface area (Å²) in [4.78, 5) is 27.7. The predicted molar refractivity (Wildman–Crippen MR) is 85.9 cm³/mol. The number of carbonyl (C=O) groups excluding carboxylic acids is 2. The van der Waals surface area contributed by atoms with E-state index in [0.717, 1.165) is 23.7 Å². The molecule has 0 unspecified atom stereocenters. The standard InChI is InChI=1S/C16H23N3O3/c1-17-11-4-3-7-14-8-5-9-15(13-14)22-19(18-2)16(21)10-6-12-20/h3,5,7-9,12-13,17-18H,4,6,10-11H2,1-2H3/b7-3-. The van der Waals surface area contributed by atoms with E-state index < -0.39 is 0 Å². The van der Waals surface area contributed by atoms with E-state index in [1.807, 2.05) is 31.3 Å². The number of rotatable bonds is 10. The lowest BCUT2D eigenvalue weighted by atomic mass is 10.2. The Kier molecular flexibility index (Phi) is 8.56. The summed E-state index contributed by atoms with van der Waals surface area (Å²) >= 11 is 0. The maximum absolute atomic E-state index is 11.8. The molecule has 0 saturated carbocycles. The van der Waals surface area contributed by atoms with Gasteiger partial charge in [-0.2, -0.15) is 0 Å².